The highest BCUT2D eigenvalue weighted by Crippen LogP contribution is 2.38. The molecular weight excluding hydrogens is 464 g/mol. The van der Waals surface area contributed by atoms with Gasteiger partial charge in [-0.05, 0) is 66.5 Å². The zero-order valence-corrected chi connectivity index (χ0v) is 22.2. The molecular formula is C31H36N2O2S. The van der Waals surface area contributed by atoms with Crippen molar-refractivity contribution in [2.75, 3.05) is 19.6 Å². The number of hydrogen-bond donors (Lipinski definition) is 0. The molecule has 0 saturated carbocycles. The summed E-state index contributed by atoms with van der Waals surface area (Å²) < 4.78 is 0. The van der Waals surface area contributed by atoms with Crippen molar-refractivity contribution in [3.05, 3.63) is 105 Å². The van der Waals surface area contributed by atoms with Crippen LogP contribution in [-0.2, 0) is 17.6 Å². The van der Waals surface area contributed by atoms with Gasteiger partial charge in [0.25, 0.3) is 5.91 Å². The minimum Gasteiger partial charge on any atom is -0.330 e. The maximum atomic E-state index is 13.7. The third-order valence-corrected chi connectivity index (χ3v) is 7.91. The van der Waals surface area contributed by atoms with E-state index in [4.69, 9.17) is 0 Å². The molecule has 36 heavy (non-hydrogen) atoms. The summed E-state index contributed by atoms with van der Waals surface area (Å²) in [6, 6.07) is 18.3. The van der Waals surface area contributed by atoms with Crippen molar-refractivity contribution in [1.29, 1.82) is 0 Å². The Hall–Kier alpha value is -3.18. The van der Waals surface area contributed by atoms with Crippen molar-refractivity contribution in [3.63, 3.8) is 0 Å². The van der Waals surface area contributed by atoms with Gasteiger partial charge in [0.05, 0.1) is 6.04 Å². The number of nitrogens with zero attached hydrogens (tertiary/aromatic N) is 2. The summed E-state index contributed by atoms with van der Waals surface area (Å²) in [6.45, 7) is 9.10. The van der Waals surface area contributed by atoms with Crippen LogP contribution in [0.2, 0.25) is 0 Å². The molecule has 0 fully saturated rings. The topological polar surface area (TPSA) is 40.6 Å². The first-order valence-corrected chi connectivity index (χ1v) is 13.8. The lowest BCUT2D eigenvalue weighted by atomic mass is 9.92. The second-order valence-electron chi connectivity index (χ2n) is 9.58. The molecule has 0 N–H and O–H groups in total. The molecule has 5 heteroatoms. The van der Waals surface area contributed by atoms with Gasteiger partial charge >= 0.3 is 0 Å². The number of amides is 2. The first-order chi connectivity index (χ1) is 17.5. The van der Waals surface area contributed by atoms with Crippen LogP contribution in [0.25, 0.3) is 0 Å². The Bertz CT molecular complexity index is 1180. The van der Waals surface area contributed by atoms with Gasteiger partial charge in [0.2, 0.25) is 5.91 Å². The quantitative estimate of drug-likeness (QED) is 0.233. The van der Waals surface area contributed by atoms with Crippen LogP contribution in [0.5, 0.6) is 0 Å². The SMILES string of the molecule is C=CCN(CC(=O)N1CCc2sccc2C1c1ccc(C)cc1)C(=O)c1ccc(CCCCC)cc1. The van der Waals surface area contributed by atoms with Crippen molar-refractivity contribution in [2.24, 2.45) is 0 Å². The van der Waals surface area contributed by atoms with E-state index in [0.717, 1.165) is 24.8 Å². The molecule has 2 aromatic carbocycles. The molecule has 1 aliphatic rings. The van der Waals surface area contributed by atoms with Crippen LogP contribution in [0.15, 0.2) is 72.6 Å². The van der Waals surface area contributed by atoms with Crippen molar-refractivity contribution in [3.8, 4) is 0 Å². The average molecular weight is 501 g/mol. The first-order valence-electron chi connectivity index (χ1n) is 12.9. The fourth-order valence-corrected chi connectivity index (χ4v) is 5.80. The zero-order valence-electron chi connectivity index (χ0n) is 21.4. The standard InChI is InChI=1S/C31H36N2O2S/c1-4-6-7-8-24-11-15-26(16-12-24)31(35)32(19-5-2)22-29(34)33-20-17-28-27(18-21-36-28)30(33)25-13-9-23(3)10-14-25/h5,9-16,18,21,30H,2,4,6-8,17,19-20,22H2,1,3H3. The third kappa shape index (κ3) is 5.96. The minimum atomic E-state index is -0.136. The van der Waals surface area contributed by atoms with E-state index in [1.165, 1.54) is 34.4 Å². The van der Waals surface area contributed by atoms with Crippen LogP contribution in [0.3, 0.4) is 0 Å². The van der Waals surface area contributed by atoms with Crippen molar-refractivity contribution in [1.82, 2.24) is 9.80 Å². The zero-order chi connectivity index (χ0) is 25.5. The van der Waals surface area contributed by atoms with Crippen LogP contribution in [0.1, 0.15) is 69.7 Å². The number of fused-ring (bicyclic) bond motifs is 1. The average Bonchev–Trinajstić information content (AvgIpc) is 3.37. The Morgan fingerprint density at radius 1 is 1.08 bits per heavy atom. The second-order valence-corrected chi connectivity index (χ2v) is 10.6. The number of rotatable bonds is 10. The minimum absolute atomic E-state index is 0.0327. The van der Waals surface area contributed by atoms with Crippen LogP contribution in [0.4, 0.5) is 0 Å². The van der Waals surface area contributed by atoms with Gasteiger partial charge in [-0.15, -0.1) is 17.9 Å². The Morgan fingerprint density at radius 3 is 2.53 bits per heavy atom. The summed E-state index contributed by atoms with van der Waals surface area (Å²) in [6.07, 6.45) is 7.12. The van der Waals surface area contributed by atoms with Gasteiger partial charge in [-0.1, -0.05) is 67.8 Å². The van der Waals surface area contributed by atoms with Crippen molar-refractivity contribution < 1.29 is 9.59 Å². The van der Waals surface area contributed by atoms with E-state index in [1.54, 1.807) is 22.3 Å². The molecule has 1 aromatic heterocycles. The highest BCUT2D eigenvalue weighted by Gasteiger charge is 2.34. The van der Waals surface area contributed by atoms with Crippen LogP contribution in [-0.4, -0.2) is 41.2 Å². The molecule has 0 saturated heterocycles. The highest BCUT2D eigenvalue weighted by atomic mass is 32.1. The molecule has 0 bridgehead atoms. The monoisotopic (exact) mass is 500 g/mol. The van der Waals surface area contributed by atoms with Gasteiger partial charge in [-0.3, -0.25) is 9.59 Å². The molecule has 1 aliphatic heterocycles. The summed E-state index contributed by atoms with van der Waals surface area (Å²) >= 11 is 1.76. The van der Waals surface area contributed by atoms with Gasteiger partial charge in [-0.25, -0.2) is 0 Å². The van der Waals surface area contributed by atoms with E-state index in [0.29, 0.717) is 18.7 Å². The van der Waals surface area contributed by atoms with E-state index < -0.39 is 0 Å². The largest absolute Gasteiger partial charge is 0.330 e. The molecule has 1 unspecified atom stereocenters. The lowest BCUT2D eigenvalue weighted by molar-refractivity contribution is -0.133. The molecule has 3 aromatic rings. The number of hydrogen-bond acceptors (Lipinski definition) is 3. The Morgan fingerprint density at radius 2 is 1.83 bits per heavy atom. The second kappa shape index (κ2) is 12.2. The van der Waals surface area contributed by atoms with Crippen LogP contribution in [0, 0.1) is 6.92 Å². The molecule has 4 nitrogen and oxygen atoms in total. The van der Waals surface area contributed by atoms with Gasteiger partial charge in [0.1, 0.15) is 6.54 Å². The lowest BCUT2D eigenvalue weighted by Crippen LogP contribution is -2.46. The first kappa shape index (κ1) is 25.9. The molecule has 188 valence electrons. The number of carbonyl (C=O) groups is 2. The van der Waals surface area contributed by atoms with Crippen LogP contribution >= 0.6 is 11.3 Å². The van der Waals surface area contributed by atoms with E-state index in [2.05, 4.69) is 56.1 Å². The van der Waals surface area contributed by atoms with E-state index in [1.807, 2.05) is 29.2 Å². The third-order valence-electron chi connectivity index (χ3n) is 6.91. The Kier molecular flexibility index (Phi) is 8.76. The smallest absolute Gasteiger partial charge is 0.254 e. The lowest BCUT2D eigenvalue weighted by Gasteiger charge is -2.37. The fourth-order valence-electron chi connectivity index (χ4n) is 4.90. The molecule has 2 amide bonds. The van der Waals surface area contributed by atoms with Gasteiger partial charge in [0.15, 0.2) is 0 Å². The van der Waals surface area contributed by atoms with Crippen LogP contribution < -0.4 is 0 Å². The summed E-state index contributed by atoms with van der Waals surface area (Å²) in [5.74, 6) is -0.174. The maximum Gasteiger partial charge on any atom is 0.254 e. The van der Waals surface area contributed by atoms with Gasteiger partial charge in [0, 0.05) is 23.5 Å². The predicted molar refractivity (Wildman–Crippen MR) is 149 cm³/mol. The fraction of sp³-hybridized carbons (Fsp3) is 0.355. The molecule has 4 rings (SSSR count). The summed E-state index contributed by atoms with van der Waals surface area (Å²) in [5.41, 5.74) is 5.35. The molecule has 1 atom stereocenters. The van der Waals surface area contributed by atoms with Gasteiger partial charge < -0.3 is 9.80 Å². The number of thiophene rings is 1. The van der Waals surface area contributed by atoms with Gasteiger partial charge in [-0.2, -0.15) is 0 Å². The number of carbonyl (C=O) groups excluding carboxylic acids is 2. The predicted octanol–water partition coefficient (Wildman–Crippen LogP) is 6.59. The number of benzene rings is 2. The van der Waals surface area contributed by atoms with Crippen molar-refractivity contribution in [2.45, 2.75) is 52.0 Å². The van der Waals surface area contributed by atoms with Crippen molar-refractivity contribution >= 4 is 23.2 Å². The Balaban J connectivity index is 1.52. The van der Waals surface area contributed by atoms with E-state index in [-0.39, 0.29) is 24.4 Å². The summed E-state index contributed by atoms with van der Waals surface area (Å²) in [7, 11) is 0. The number of unbranched alkanes of at least 4 members (excludes halogenated alkanes) is 2. The molecule has 2 heterocycles. The van der Waals surface area contributed by atoms with E-state index in [9.17, 15) is 9.59 Å². The summed E-state index contributed by atoms with van der Waals surface area (Å²) in [5, 5.41) is 2.11. The highest BCUT2D eigenvalue weighted by molar-refractivity contribution is 7.10. The summed E-state index contributed by atoms with van der Waals surface area (Å²) in [4.78, 5) is 32.0. The molecule has 0 radical (unpaired) electrons. The number of aryl methyl sites for hydroxylation is 2. The maximum absolute atomic E-state index is 13.7. The normalized spacial score (nSPS) is 14.8. The Labute approximate surface area is 219 Å². The molecule has 0 spiro atoms. The molecule has 0 aliphatic carbocycles. The van der Waals surface area contributed by atoms with E-state index >= 15 is 0 Å².